The van der Waals surface area contributed by atoms with Gasteiger partial charge in [-0.05, 0) is 46.3 Å². The standard InChI is InChI=1S/C15H11BrN2O4/c16-11-4-2-1-3-10(11)15(20)18-17-14(19)9-5-6-12-13(7-9)22-8-21-12/h1-7H,8H2,(H,17,19)(H,18,20). The molecule has 1 heterocycles. The smallest absolute Gasteiger partial charge is 0.270 e. The molecule has 2 N–H and O–H groups in total. The van der Waals surface area contributed by atoms with Crippen molar-refractivity contribution in [3.05, 3.63) is 58.1 Å². The number of fused-ring (bicyclic) bond motifs is 1. The largest absolute Gasteiger partial charge is 0.454 e. The Balaban J connectivity index is 1.65. The van der Waals surface area contributed by atoms with E-state index in [1.54, 1.807) is 42.5 Å². The molecule has 2 aromatic rings. The zero-order chi connectivity index (χ0) is 15.5. The van der Waals surface area contributed by atoms with Gasteiger partial charge in [-0.3, -0.25) is 20.4 Å². The summed E-state index contributed by atoms with van der Waals surface area (Å²) in [6.07, 6.45) is 0. The lowest BCUT2D eigenvalue weighted by Gasteiger charge is -2.09. The third-order valence-electron chi connectivity index (χ3n) is 3.04. The van der Waals surface area contributed by atoms with Crippen molar-refractivity contribution in [2.24, 2.45) is 0 Å². The summed E-state index contributed by atoms with van der Waals surface area (Å²) in [5.41, 5.74) is 5.51. The zero-order valence-electron chi connectivity index (χ0n) is 11.3. The molecule has 22 heavy (non-hydrogen) atoms. The SMILES string of the molecule is O=C(NNC(=O)c1ccccc1Br)c1ccc2c(c1)OCO2. The van der Waals surface area contributed by atoms with E-state index >= 15 is 0 Å². The second-order valence-electron chi connectivity index (χ2n) is 4.46. The lowest BCUT2D eigenvalue weighted by atomic mass is 10.2. The highest BCUT2D eigenvalue weighted by Gasteiger charge is 2.17. The summed E-state index contributed by atoms with van der Waals surface area (Å²) in [7, 11) is 0. The topological polar surface area (TPSA) is 76.7 Å². The second-order valence-corrected chi connectivity index (χ2v) is 5.31. The monoisotopic (exact) mass is 362 g/mol. The number of nitrogens with one attached hydrogen (secondary N) is 2. The van der Waals surface area contributed by atoms with Crippen molar-refractivity contribution in [1.82, 2.24) is 10.9 Å². The normalized spacial score (nSPS) is 11.9. The van der Waals surface area contributed by atoms with Gasteiger partial charge in [0.05, 0.1) is 5.56 Å². The van der Waals surface area contributed by atoms with Gasteiger partial charge in [0.25, 0.3) is 11.8 Å². The van der Waals surface area contributed by atoms with Crippen LogP contribution in [-0.4, -0.2) is 18.6 Å². The fraction of sp³-hybridized carbons (Fsp3) is 0.0667. The fourth-order valence-electron chi connectivity index (χ4n) is 1.94. The molecule has 0 aromatic heterocycles. The molecule has 3 rings (SSSR count). The van der Waals surface area contributed by atoms with Gasteiger partial charge in [0.2, 0.25) is 6.79 Å². The molecule has 6 nitrogen and oxygen atoms in total. The quantitative estimate of drug-likeness (QED) is 0.803. The minimum Gasteiger partial charge on any atom is -0.454 e. The van der Waals surface area contributed by atoms with Crippen molar-refractivity contribution in [3.8, 4) is 11.5 Å². The highest BCUT2D eigenvalue weighted by Crippen LogP contribution is 2.32. The number of rotatable bonds is 2. The second kappa shape index (κ2) is 6.07. The molecule has 0 spiro atoms. The number of benzene rings is 2. The Morgan fingerprint density at radius 1 is 0.955 bits per heavy atom. The van der Waals surface area contributed by atoms with E-state index in [1.807, 2.05) is 0 Å². The summed E-state index contributed by atoms with van der Waals surface area (Å²) in [6.45, 7) is 0.138. The van der Waals surface area contributed by atoms with Crippen molar-refractivity contribution < 1.29 is 19.1 Å². The summed E-state index contributed by atoms with van der Waals surface area (Å²) in [5, 5.41) is 0. The highest BCUT2D eigenvalue weighted by molar-refractivity contribution is 9.10. The lowest BCUT2D eigenvalue weighted by Crippen LogP contribution is -2.41. The van der Waals surface area contributed by atoms with Crippen LogP contribution in [0.1, 0.15) is 20.7 Å². The van der Waals surface area contributed by atoms with Crippen molar-refractivity contribution in [2.45, 2.75) is 0 Å². The van der Waals surface area contributed by atoms with Crippen LogP contribution in [0.2, 0.25) is 0 Å². The maximum absolute atomic E-state index is 12.0. The van der Waals surface area contributed by atoms with E-state index in [1.165, 1.54) is 0 Å². The Labute approximate surface area is 134 Å². The number of amides is 2. The molecule has 1 aliphatic rings. The first-order valence-electron chi connectivity index (χ1n) is 6.40. The Morgan fingerprint density at radius 2 is 1.68 bits per heavy atom. The number of hydrogen-bond donors (Lipinski definition) is 2. The van der Waals surface area contributed by atoms with Crippen LogP contribution in [0.15, 0.2) is 46.9 Å². The van der Waals surface area contributed by atoms with Gasteiger partial charge in [-0.15, -0.1) is 0 Å². The summed E-state index contributed by atoms with van der Waals surface area (Å²) < 4.78 is 11.0. The summed E-state index contributed by atoms with van der Waals surface area (Å²) >= 11 is 3.28. The van der Waals surface area contributed by atoms with Crippen LogP contribution in [0.25, 0.3) is 0 Å². The molecule has 1 aliphatic heterocycles. The van der Waals surface area contributed by atoms with Crippen molar-refractivity contribution in [2.75, 3.05) is 6.79 Å². The van der Waals surface area contributed by atoms with Gasteiger partial charge >= 0.3 is 0 Å². The molecule has 0 atom stereocenters. The molecule has 0 unspecified atom stereocenters. The molecule has 0 aliphatic carbocycles. The van der Waals surface area contributed by atoms with Crippen LogP contribution >= 0.6 is 15.9 Å². The van der Waals surface area contributed by atoms with Crippen LogP contribution < -0.4 is 20.3 Å². The van der Waals surface area contributed by atoms with E-state index in [9.17, 15) is 9.59 Å². The third kappa shape index (κ3) is 2.89. The molecule has 0 saturated carbocycles. The summed E-state index contributed by atoms with van der Waals surface area (Å²) in [5.74, 6) is 0.235. The Morgan fingerprint density at radius 3 is 2.50 bits per heavy atom. The Bertz CT molecular complexity index is 748. The number of halogens is 1. The first-order chi connectivity index (χ1) is 10.6. The van der Waals surface area contributed by atoms with Crippen LogP contribution in [0.5, 0.6) is 11.5 Å². The molecule has 0 bridgehead atoms. The average molecular weight is 363 g/mol. The lowest BCUT2D eigenvalue weighted by molar-refractivity contribution is 0.0846. The number of hydrazine groups is 1. The molecule has 7 heteroatoms. The molecule has 0 saturated heterocycles. The van der Waals surface area contributed by atoms with Gasteiger partial charge in [-0.2, -0.15) is 0 Å². The van der Waals surface area contributed by atoms with Gasteiger partial charge in [0, 0.05) is 10.0 Å². The van der Waals surface area contributed by atoms with E-state index in [2.05, 4.69) is 26.8 Å². The third-order valence-corrected chi connectivity index (χ3v) is 3.73. The molecule has 2 aromatic carbocycles. The fourth-order valence-corrected chi connectivity index (χ4v) is 2.40. The van der Waals surface area contributed by atoms with E-state index in [0.717, 1.165) is 0 Å². The van der Waals surface area contributed by atoms with Crippen LogP contribution in [0, 0.1) is 0 Å². The van der Waals surface area contributed by atoms with Gasteiger partial charge in [-0.1, -0.05) is 12.1 Å². The van der Waals surface area contributed by atoms with Crippen molar-refractivity contribution >= 4 is 27.7 Å². The van der Waals surface area contributed by atoms with Gasteiger partial charge in [0.1, 0.15) is 0 Å². The van der Waals surface area contributed by atoms with E-state index in [-0.39, 0.29) is 6.79 Å². The molecule has 0 fully saturated rings. The average Bonchev–Trinajstić information content (AvgIpc) is 3.00. The Hall–Kier alpha value is -2.54. The van der Waals surface area contributed by atoms with Crippen LogP contribution in [-0.2, 0) is 0 Å². The summed E-state index contributed by atoms with van der Waals surface area (Å²) in [6, 6.07) is 11.7. The molecule has 0 radical (unpaired) electrons. The zero-order valence-corrected chi connectivity index (χ0v) is 12.8. The number of carbonyl (C=O) groups excluding carboxylic acids is 2. The molecule has 112 valence electrons. The Kier molecular flexibility index (Phi) is 3.97. The van der Waals surface area contributed by atoms with E-state index < -0.39 is 11.8 Å². The number of ether oxygens (including phenoxy) is 2. The highest BCUT2D eigenvalue weighted by atomic mass is 79.9. The van der Waals surface area contributed by atoms with Crippen molar-refractivity contribution in [3.63, 3.8) is 0 Å². The maximum Gasteiger partial charge on any atom is 0.270 e. The maximum atomic E-state index is 12.0. The first-order valence-corrected chi connectivity index (χ1v) is 7.19. The van der Waals surface area contributed by atoms with Crippen molar-refractivity contribution in [1.29, 1.82) is 0 Å². The predicted molar refractivity (Wildman–Crippen MR) is 81.6 cm³/mol. The minimum atomic E-state index is -0.446. The van der Waals surface area contributed by atoms with Crippen LogP contribution in [0.3, 0.4) is 0 Å². The van der Waals surface area contributed by atoms with Gasteiger partial charge < -0.3 is 9.47 Å². The minimum absolute atomic E-state index is 0.138. The number of hydrogen-bond acceptors (Lipinski definition) is 4. The predicted octanol–water partition coefficient (Wildman–Crippen LogP) is 2.25. The molecule has 2 amide bonds. The first kappa shape index (κ1) is 14.4. The van der Waals surface area contributed by atoms with Crippen LogP contribution in [0.4, 0.5) is 0 Å². The molecular weight excluding hydrogens is 352 g/mol. The van der Waals surface area contributed by atoms with Gasteiger partial charge in [0.15, 0.2) is 11.5 Å². The van der Waals surface area contributed by atoms with E-state index in [4.69, 9.17) is 9.47 Å². The molecular formula is C15H11BrN2O4. The van der Waals surface area contributed by atoms with Gasteiger partial charge in [-0.25, -0.2) is 0 Å². The number of carbonyl (C=O) groups is 2. The summed E-state index contributed by atoms with van der Waals surface area (Å²) in [4.78, 5) is 24.0. The van der Waals surface area contributed by atoms with E-state index in [0.29, 0.717) is 27.1 Å².